The Balaban J connectivity index is 1.72. The summed E-state index contributed by atoms with van der Waals surface area (Å²) in [4.78, 5) is 12.4. The van der Waals surface area contributed by atoms with Gasteiger partial charge in [0.05, 0.1) is 12.1 Å². The largest absolute Gasteiger partial charge is 0.495 e. The van der Waals surface area contributed by atoms with Crippen molar-refractivity contribution in [2.45, 2.75) is 13.5 Å². The first-order valence-corrected chi connectivity index (χ1v) is 9.46. The summed E-state index contributed by atoms with van der Waals surface area (Å²) in [7, 11) is 1.50. The number of ether oxygens (including phenoxy) is 1. The molecule has 0 radical (unpaired) electrons. The monoisotopic (exact) mass is 430 g/mol. The van der Waals surface area contributed by atoms with Crippen LogP contribution in [0.25, 0.3) is 11.3 Å². The first-order valence-electron chi connectivity index (χ1n) is 8.67. The molecule has 0 saturated carbocycles. The van der Waals surface area contributed by atoms with E-state index in [1.54, 1.807) is 24.3 Å². The molecule has 0 atom stereocenters. The zero-order chi connectivity index (χ0) is 21.0. The number of nitrogens with one attached hydrogen (secondary N) is 2. The molecule has 0 bridgehead atoms. The van der Waals surface area contributed by atoms with Gasteiger partial charge in [-0.3, -0.25) is 10.1 Å². The highest BCUT2D eigenvalue weighted by Crippen LogP contribution is 2.27. The van der Waals surface area contributed by atoms with Crippen LogP contribution >= 0.6 is 23.8 Å². The fourth-order valence-electron chi connectivity index (χ4n) is 2.66. The lowest BCUT2D eigenvalue weighted by molar-refractivity contribution is 0.0977. The third-order valence-corrected chi connectivity index (χ3v) is 4.73. The third kappa shape index (κ3) is 4.95. The number of amides is 1. The number of anilines is 1. The van der Waals surface area contributed by atoms with Crippen molar-refractivity contribution in [3.05, 3.63) is 70.4 Å². The average Bonchev–Trinajstić information content (AvgIpc) is 3.18. The second kappa shape index (κ2) is 9.09. The van der Waals surface area contributed by atoms with Crippen LogP contribution in [0.2, 0.25) is 5.02 Å². The van der Waals surface area contributed by atoms with E-state index >= 15 is 0 Å². The number of aryl methyl sites for hydroxylation is 1. The van der Waals surface area contributed by atoms with Crippen LogP contribution in [0, 0.1) is 6.92 Å². The Labute approximate surface area is 178 Å². The lowest BCUT2D eigenvalue weighted by atomic mass is 10.1. The standard InChI is InChI=1S/C21H19ClN2O4S/c1-12-3-4-13(18-8-6-15(11-25)28-18)10-17(12)23-21(29)24-20(26)14-5-7-19(27-2)16(22)9-14/h3-10,25H,11H2,1-2H3,(H2,23,24,26,29). The van der Waals surface area contributed by atoms with Gasteiger partial charge in [0.15, 0.2) is 5.11 Å². The summed E-state index contributed by atoms with van der Waals surface area (Å²) in [5.41, 5.74) is 2.83. The van der Waals surface area contributed by atoms with Crippen molar-refractivity contribution in [1.82, 2.24) is 5.32 Å². The molecular formula is C21H19ClN2O4S. The number of carbonyl (C=O) groups excluding carboxylic acids is 1. The Morgan fingerprint density at radius 1 is 1.21 bits per heavy atom. The molecule has 0 saturated heterocycles. The van der Waals surface area contributed by atoms with Gasteiger partial charge in [0.2, 0.25) is 0 Å². The molecule has 8 heteroatoms. The Morgan fingerprint density at radius 2 is 2.00 bits per heavy atom. The fourth-order valence-corrected chi connectivity index (χ4v) is 3.12. The smallest absolute Gasteiger partial charge is 0.257 e. The maximum Gasteiger partial charge on any atom is 0.257 e. The molecule has 0 aliphatic carbocycles. The van der Waals surface area contributed by atoms with Crippen LogP contribution in [-0.2, 0) is 6.61 Å². The number of methoxy groups -OCH3 is 1. The molecule has 150 valence electrons. The van der Waals surface area contributed by atoms with E-state index in [1.165, 1.54) is 13.2 Å². The number of furan rings is 1. The van der Waals surface area contributed by atoms with Gasteiger partial charge in [-0.05, 0) is 61.1 Å². The number of carbonyl (C=O) groups is 1. The van der Waals surface area contributed by atoms with Crippen molar-refractivity contribution in [3.8, 4) is 17.1 Å². The highest BCUT2D eigenvalue weighted by atomic mass is 35.5. The molecular weight excluding hydrogens is 412 g/mol. The van der Waals surface area contributed by atoms with Crippen molar-refractivity contribution in [3.63, 3.8) is 0 Å². The fraction of sp³-hybridized carbons (Fsp3) is 0.143. The van der Waals surface area contributed by atoms with E-state index in [0.29, 0.717) is 27.9 Å². The number of halogens is 1. The number of hydrogen-bond acceptors (Lipinski definition) is 5. The highest BCUT2D eigenvalue weighted by Gasteiger charge is 2.12. The van der Waals surface area contributed by atoms with Crippen LogP contribution in [0.5, 0.6) is 5.75 Å². The van der Waals surface area contributed by atoms with Crippen LogP contribution < -0.4 is 15.4 Å². The molecule has 3 N–H and O–H groups in total. The molecule has 0 aliphatic heterocycles. The molecule has 0 fully saturated rings. The second-order valence-electron chi connectivity index (χ2n) is 6.21. The van der Waals surface area contributed by atoms with Gasteiger partial charge < -0.3 is 19.6 Å². The lowest BCUT2D eigenvalue weighted by Gasteiger charge is -2.13. The van der Waals surface area contributed by atoms with Crippen LogP contribution in [-0.4, -0.2) is 23.2 Å². The predicted octanol–water partition coefficient (Wildman–Crippen LogP) is 4.54. The molecule has 3 aromatic rings. The van der Waals surface area contributed by atoms with E-state index in [-0.39, 0.29) is 17.6 Å². The number of hydrogen-bond donors (Lipinski definition) is 3. The minimum absolute atomic E-state index is 0.151. The van der Waals surface area contributed by atoms with Gasteiger partial charge in [-0.2, -0.15) is 0 Å². The minimum atomic E-state index is -0.389. The van der Waals surface area contributed by atoms with Crippen LogP contribution in [0.4, 0.5) is 5.69 Å². The van der Waals surface area contributed by atoms with Crippen molar-refractivity contribution >= 4 is 40.5 Å². The highest BCUT2D eigenvalue weighted by molar-refractivity contribution is 7.80. The average molecular weight is 431 g/mol. The number of rotatable bonds is 5. The van der Waals surface area contributed by atoms with E-state index in [9.17, 15) is 4.79 Å². The van der Waals surface area contributed by atoms with Gasteiger partial charge in [0.1, 0.15) is 23.9 Å². The Hall–Kier alpha value is -2.87. The van der Waals surface area contributed by atoms with Crippen molar-refractivity contribution in [2.24, 2.45) is 0 Å². The number of aliphatic hydroxyl groups is 1. The maximum absolute atomic E-state index is 12.4. The number of benzene rings is 2. The Kier molecular flexibility index (Phi) is 6.53. The summed E-state index contributed by atoms with van der Waals surface area (Å²) in [5, 5.41) is 15.3. The van der Waals surface area contributed by atoms with Gasteiger partial charge in [0.25, 0.3) is 5.91 Å². The molecule has 1 heterocycles. The molecule has 1 aromatic heterocycles. The summed E-state index contributed by atoms with van der Waals surface area (Å²) in [5.74, 6) is 1.20. The quantitative estimate of drug-likeness (QED) is 0.515. The summed E-state index contributed by atoms with van der Waals surface area (Å²) in [6, 6.07) is 13.9. The number of aliphatic hydroxyl groups excluding tert-OH is 1. The SMILES string of the molecule is COc1ccc(C(=O)NC(=S)Nc2cc(-c3ccc(CO)o3)ccc2C)cc1Cl. The van der Waals surface area contributed by atoms with Crippen LogP contribution in [0.1, 0.15) is 21.7 Å². The second-order valence-corrected chi connectivity index (χ2v) is 7.03. The molecule has 0 spiro atoms. The normalized spacial score (nSPS) is 10.5. The molecule has 29 heavy (non-hydrogen) atoms. The first kappa shape index (κ1) is 20.9. The number of thiocarbonyl (C=S) groups is 1. The first-order chi connectivity index (χ1) is 13.9. The van der Waals surface area contributed by atoms with Crippen LogP contribution in [0.3, 0.4) is 0 Å². The zero-order valence-electron chi connectivity index (χ0n) is 15.8. The third-order valence-electron chi connectivity index (χ3n) is 4.23. The van der Waals surface area contributed by atoms with Crippen molar-refractivity contribution < 1.29 is 19.1 Å². The topological polar surface area (TPSA) is 83.7 Å². The van der Waals surface area contributed by atoms with Gasteiger partial charge in [-0.1, -0.05) is 23.7 Å². The van der Waals surface area contributed by atoms with E-state index in [4.69, 9.17) is 38.1 Å². The van der Waals surface area contributed by atoms with E-state index in [2.05, 4.69) is 10.6 Å². The lowest BCUT2D eigenvalue weighted by Crippen LogP contribution is -2.34. The summed E-state index contributed by atoms with van der Waals surface area (Å²) in [6.45, 7) is 1.75. The molecule has 6 nitrogen and oxygen atoms in total. The van der Waals surface area contributed by atoms with Gasteiger partial charge in [-0.15, -0.1) is 0 Å². The molecule has 3 rings (SSSR count). The summed E-state index contributed by atoms with van der Waals surface area (Å²) in [6.07, 6.45) is 0. The molecule has 2 aromatic carbocycles. The van der Waals surface area contributed by atoms with E-state index in [1.807, 2.05) is 25.1 Å². The summed E-state index contributed by atoms with van der Waals surface area (Å²) >= 11 is 11.3. The summed E-state index contributed by atoms with van der Waals surface area (Å²) < 4.78 is 10.7. The molecule has 1 amide bonds. The van der Waals surface area contributed by atoms with Crippen LogP contribution in [0.15, 0.2) is 52.9 Å². The Bertz CT molecular complexity index is 1060. The van der Waals surface area contributed by atoms with Gasteiger partial charge >= 0.3 is 0 Å². The van der Waals surface area contributed by atoms with Gasteiger partial charge in [-0.25, -0.2) is 0 Å². The predicted molar refractivity (Wildman–Crippen MR) is 116 cm³/mol. The molecule has 0 unspecified atom stereocenters. The molecule has 0 aliphatic rings. The van der Waals surface area contributed by atoms with Crippen molar-refractivity contribution in [1.29, 1.82) is 0 Å². The van der Waals surface area contributed by atoms with E-state index in [0.717, 1.165) is 16.8 Å². The zero-order valence-corrected chi connectivity index (χ0v) is 17.4. The minimum Gasteiger partial charge on any atom is -0.495 e. The van der Waals surface area contributed by atoms with E-state index < -0.39 is 0 Å². The maximum atomic E-state index is 12.4. The van der Waals surface area contributed by atoms with Gasteiger partial charge in [0, 0.05) is 16.8 Å². The Morgan fingerprint density at radius 3 is 2.66 bits per heavy atom. The van der Waals surface area contributed by atoms with Crippen molar-refractivity contribution in [2.75, 3.05) is 12.4 Å².